The van der Waals surface area contributed by atoms with Crippen molar-refractivity contribution in [2.75, 3.05) is 30.4 Å². The highest BCUT2D eigenvalue weighted by Crippen LogP contribution is 2.17. The first-order valence-corrected chi connectivity index (χ1v) is 11.4. The molecule has 0 aliphatic heterocycles. The number of anilines is 2. The number of allylic oxidation sites excluding steroid dienone is 1. The Kier molecular flexibility index (Phi) is 8.86. The van der Waals surface area contributed by atoms with Crippen LogP contribution in [0.1, 0.15) is 35.3 Å². The number of urea groups is 1. The van der Waals surface area contributed by atoms with E-state index in [0.29, 0.717) is 17.8 Å². The Morgan fingerprint density at radius 2 is 1.53 bits per heavy atom. The monoisotopic (exact) mass is 457 g/mol. The summed E-state index contributed by atoms with van der Waals surface area (Å²) in [5, 5.41) is 5.58. The van der Waals surface area contributed by atoms with Gasteiger partial charge in [0.05, 0.1) is 7.11 Å². The standard InChI is InChI=1S/C28H31N3O3/c1-4-31(5-2)25-15-6-21(7-16-25)10-19-27(32)23-11-13-24(14-12-23)30-28(33)29-20-22-8-17-26(34-3)18-9-22/h6-19H,4-5,20H2,1-3H3,(H2,29,30,33)/b19-10+. The second-order valence-corrected chi connectivity index (χ2v) is 7.69. The van der Waals surface area contributed by atoms with E-state index in [1.54, 1.807) is 37.5 Å². The molecular formula is C28H31N3O3. The summed E-state index contributed by atoms with van der Waals surface area (Å²) in [5.74, 6) is 0.675. The summed E-state index contributed by atoms with van der Waals surface area (Å²) in [6.07, 6.45) is 3.38. The van der Waals surface area contributed by atoms with Crippen molar-refractivity contribution in [3.05, 3.63) is 95.6 Å². The van der Waals surface area contributed by atoms with Crippen molar-refractivity contribution < 1.29 is 14.3 Å². The van der Waals surface area contributed by atoms with E-state index in [1.165, 1.54) is 5.69 Å². The maximum atomic E-state index is 12.5. The Morgan fingerprint density at radius 1 is 0.882 bits per heavy atom. The average molecular weight is 458 g/mol. The Labute approximate surface area is 201 Å². The van der Waals surface area contributed by atoms with Gasteiger partial charge in [-0.05, 0) is 79.6 Å². The lowest BCUT2D eigenvalue weighted by molar-refractivity contribution is 0.104. The van der Waals surface area contributed by atoms with Crippen molar-refractivity contribution in [2.24, 2.45) is 0 Å². The van der Waals surface area contributed by atoms with E-state index in [1.807, 2.05) is 42.5 Å². The van der Waals surface area contributed by atoms with Gasteiger partial charge in [-0.3, -0.25) is 4.79 Å². The topological polar surface area (TPSA) is 70.7 Å². The quantitative estimate of drug-likeness (QED) is 0.300. The smallest absolute Gasteiger partial charge is 0.319 e. The number of hydrogen-bond acceptors (Lipinski definition) is 4. The molecule has 0 unspecified atom stereocenters. The lowest BCUT2D eigenvalue weighted by Gasteiger charge is -2.20. The number of nitrogens with one attached hydrogen (secondary N) is 2. The molecule has 0 radical (unpaired) electrons. The molecule has 0 spiro atoms. The number of amides is 2. The molecule has 2 amide bonds. The summed E-state index contributed by atoms with van der Waals surface area (Å²) in [6, 6.07) is 22.2. The van der Waals surface area contributed by atoms with E-state index in [4.69, 9.17) is 4.74 Å². The number of rotatable bonds is 10. The maximum Gasteiger partial charge on any atom is 0.319 e. The third-order valence-corrected chi connectivity index (χ3v) is 5.49. The third-order valence-electron chi connectivity index (χ3n) is 5.49. The predicted molar refractivity (Wildman–Crippen MR) is 139 cm³/mol. The first-order chi connectivity index (χ1) is 16.5. The van der Waals surface area contributed by atoms with E-state index in [2.05, 4.69) is 41.5 Å². The first kappa shape index (κ1) is 24.6. The average Bonchev–Trinajstić information content (AvgIpc) is 2.88. The van der Waals surface area contributed by atoms with Gasteiger partial charge >= 0.3 is 6.03 Å². The van der Waals surface area contributed by atoms with Gasteiger partial charge in [0, 0.05) is 36.6 Å². The van der Waals surface area contributed by atoms with Crippen molar-refractivity contribution in [1.29, 1.82) is 0 Å². The summed E-state index contributed by atoms with van der Waals surface area (Å²) in [7, 11) is 1.61. The van der Waals surface area contributed by atoms with Crippen LogP contribution in [0.2, 0.25) is 0 Å². The van der Waals surface area contributed by atoms with Crippen LogP contribution in [0, 0.1) is 0 Å². The number of carbonyl (C=O) groups excluding carboxylic acids is 2. The molecule has 0 atom stereocenters. The molecule has 0 saturated carbocycles. The zero-order valence-electron chi connectivity index (χ0n) is 19.9. The highest BCUT2D eigenvalue weighted by atomic mass is 16.5. The number of ketones is 1. The molecule has 0 aromatic heterocycles. The second kappa shape index (κ2) is 12.3. The number of benzene rings is 3. The highest BCUT2D eigenvalue weighted by molar-refractivity contribution is 6.07. The van der Waals surface area contributed by atoms with Crippen LogP contribution in [-0.4, -0.2) is 32.0 Å². The second-order valence-electron chi connectivity index (χ2n) is 7.69. The minimum atomic E-state index is -0.317. The van der Waals surface area contributed by atoms with Crippen LogP contribution in [0.4, 0.5) is 16.2 Å². The molecule has 0 bridgehead atoms. The number of ether oxygens (including phenoxy) is 1. The molecular weight excluding hydrogens is 426 g/mol. The summed E-state index contributed by atoms with van der Waals surface area (Å²) in [5.41, 5.74) is 4.27. The minimum Gasteiger partial charge on any atom is -0.497 e. The van der Waals surface area contributed by atoms with Gasteiger partial charge < -0.3 is 20.3 Å². The molecule has 3 aromatic rings. The van der Waals surface area contributed by atoms with Crippen molar-refractivity contribution in [3.63, 3.8) is 0 Å². The van der Waals surface area contributed by atoms with Gasteiger partial charge in [0.2, 0.25) is 0 Å². The minimum absolute atomic E-state index is 0.0941. The molecule has 0 aliphatic rings. The lowest BCUT2D eigenvalue weighted by atomic mass is 10.1. The number of carbonyl (C=O) groups is 2. The number of nitrogens with zero attached hydrogens (tertiary/aromatic N) is 1. The molecule has 0 heterocycles. The van der Waals surface area contributed by atoms with Crippen LogP contribution >= 0.6 is 0 Å². The molecule has 6 heteroatoms. The van der Waals surface area contributed by atoms with Crippen LogP contribution < -0.4 is 20.3 Å². The molecule has 3 aromatic carbocycles. The summed E-state index contributed by atoms with van der Waals surface area (Å²) in [6.45, 7) is 6.57. The van der Waals surface area contributed by atoms with Crippen molar-refractivity contribution >= 4 is 29.3 Å². The Hall–Kier alpha value is -4.06. The van der Waals surface area contributed by atoms with Crippen LogP contribution in [0.3, 0.4) is 0 Å². The molecule has 3 rings (SSSR count). The fourth-order valence-corrected chi connectivity index (χ4v) is 3.47. The van der Waals surface area contributed by atoms with E-state index in [-0.39, 0.29) is 11.8 Å². The van der Waals surface area contributed by atoms with Crippen molar-refractivity contribution in [1.82, 2.24) is 5.32 Å². The highest BCUT2D eigenvalue weighted by Gasteiger charge is 2.06. The molecule has 0 aliphatic carbocycles. The van der Waals surface area contributed by atoms with Crippen LogP contribution in [0.15, 0.2) is 78.9 Å². The Morgan fingerprint density at radius 3 is 2.12 bits per heavy atom. The zero-order valence-corrected chi connectivity index (χ0v) is 19.9. The molecule has 2 N–H and O–H groups in total. The maximum absolute atomic E-state index is 12.5. The van der Waals surface area contributed by atoms with Gasteiger partial charge in [0.15, 0.2) is 5.78 Å². The van der Waals surface area contributed by atoms with E-state index in [9.17, 15) is 9.59 Å². The van der Waals surface area contributed by atoms with Crippen molar-refractivity contribution in [2.45, 2.75) is 20.4 Å². The van der Waals surface area contributed by atoms with Gasteiger partial charge in [0.1, 0.15) is 5.75 Å². The van der Waals surface area contributed by atoms with Crippen LogP contribution in [0.25, 0.3) is 6.08 Å². The Balaban J connectivity index is 1.50. The molecule has 34 heavy (non-hydrogen) atoms. The zero-order chi connectivity index (χ0) is 24.3. The van der Waals surface area contributed by atoms with E-state index < -0.39 is 0 Å². The van der Waals surface area contributed by atoms with Crippen LogP contribution in [-0.2, 0) is 6.54 Å². The number of hydrogen-bond donors (Lipinski definition) is 2. The largest absolute Gasteiger partial charge is 0.497 e. The molecule has 0 saturated heterocycles. The molecule has 6 nitrogen and oxygen atoms in total. The van der Waals surface area contributed by atoms with Gasteiger partial charge in [0.25, 0.3) is 0 Å². The van der Waals surface area contributed by atoms with Crippen LogP contribution in [0.5, 0.6) is 5.75 Å². The first-order valence-electron chi connectivity index (χ1n) is 11.4. The fourth-order valence-electron chi connectivity index (χ4n) is 3.47. The van der Waals surface area contributed by atoms with Gasteiger partial charge in [-0.25, -0.2) is 4.79 Å². The van der Waals surface area contributed by atoms with Gasteiger partial charge in [-0.15, -0.1) is 0 Å². The SMILES string of the molecule is CCN(CC)c1ccc(/C=C/C(=O)c2ccc(NC(=O)NCc3ccc(OC)cc3)cc2)cc1. The van der Waals surface area contributed by atoms with Crippen molar-refractivity contribution in [3.8, 4) is 5.75 Å². The summed E-state index contributed by atoms with van der Waals surface area (Å²) in [4.78, 5) is 27.0. The normalized spacial score (nSPS) is 10.7. The van der Waals surface area contributed by atoms with E-state index in [0.717, 1.165) is 30.0 Å². The fraction of sp³-hybridized carbons (Fsp3) is 0.214. The molecule has 0 fully saturated rings. The summed E-state index contributed by atoms with van der Waals surface area (Å²) >= 11 is 0. The van der Waals surface area contributed by atoms with Gasteiger partial charge in [-0.2, -0.15) is 0 Å². The Bertz CT molecular complexity index is 1100. The van der Waals surface area contributed by atoms with Gasteiger partial charge in [-0.1, -0.05) is 30.3 Å². The molecule has 176 valence electrons. The predicted octanol–water partition coefficient (Wildman–Crippen LogP) is 5.76. The summed E-state index contributed by atoms with van der Waals surface area (Å²) < 4.78 is 5.13. The third kappa shape index (κ3) is 6.97. The van der Waals surface area contributed by atoms with E-state index >= 15 is 0 Å². The lowest BCUT2D eigenvalue weighted by Crippen LogP contribution is -2.28. The number of methoxy groups -OCH3 is 1.